The van der Waals surface area contributed by atoms with Gasteiger partial charge in [-0.3, -0.25) is 9.89 Å². The van der Waals surface area contributed by atoms with E-state index in [1.807, 2.05) is 12.1 Å². The van der Waals surface area contributed by atoms with Gasteiger partial charge in [-0.05, 0) is 37.5 Å². The van der Waals surface area contributed by atoms with Crippen molar-refractivity contribution in [3.05, 3.63) is 29.8 Å². The Balaban J connectivity index is 0.00000392. The number of nitrogens with zero attached hydrogens (tertiary/aromatic N) is 2. The van der Waals surface area contributed by atoms with Crippen molar-refractivity contribution in [1.82, 2.24) is 15.5 Å². The first kappa shape index (κ1) is 25.0. The third-order valence-electron chi connectivity index (χ3n) is 5.12. The van der Waals surface area contributed by atoms with E-state index in [0.29, 0.717) is 18.5 Å². The van der Waals surface area contributed by atoms with Crippen molar-refractivity contribution < 1.29 is 9.47 Å². The Morgan fingerprint density at radius 2 is 1.82 bits per heavy atom. The number of rotatable bonds is 8. The molecule has 0 radical (unpaired) electrons. The molecule has 160 valence electrons. The summed E-state index contributed by atoms with van der Waals surface area (Å²) in [5.74, 6) is 2.31. The molecule has 1 saturated heterocycles. The lowest BCUT2D eigenvalue weighted by atomic mass is 10.0. The van der Waals surface area contributed by atoms with Crippen LogP contribution < -0.4 is 15.4 Å². The highest BCUT2D eigenvalue weighted by molar-refractivity contribution is 14.0. The van der Waals surface area contributed by atoms with Gasteiger partial charge >= 0.3 is 0 Å². The molecule has 2 unspecified atom stereocenters. The SMILES string of the molecule is CCNC(=NCC(c1ccc(OC)cc1)N1CCOCC1)NC(C)C(C)C.I. The van der Waals surface area contributed by atoms with Crippen LogP contribution in [0.2, 0.25) is 0 Å². The Hall–Kier alpha value is -1.06. The van der Waals surface area contributed by atoms with Crippen molar-refractivity contribution >= 4 is 29.9 Å². The molecule has 0 aromatic heterocycles. The summed E-state index contributed by atoms with van der Waals surface area (Å²) in [5, 5.41) is 6.89. The van der Waals surface area contributed by atoms with Gasteiger partial charge in [-0.25, -0.2) is 0 Å². The maximum atomic E-state index is 5.54. The Bertz CT molecular complexity index is 574. The molecule has 2 N–H and O–H groups in total. The van der Waals surface area contributed by atoms with Crippen LogP contribution in [0.15, 0.2) is 29.3 Å². The number of methoxy groups -OCH3 is 1. The molecular weight excluding hydrogens is 467 g/mol. The second-order valence-corrected chi connectivity index (χ2v) is 7.33. The molecule has 1 aliphatic rings. The smallest absolute Gasteiger partial charge is 0.191 e. The van der Waals surface area contributed by atoms with Gasteiger partial charge in [0.05, 0.1) is 32.9 Å². The second-order valence-electron chi connectivity index (χ2n) is 7.33. The van der Waals surface area contributed by atoms with Gasteiger partial charge < -0.3 is 20.1 Å². The molecule has 0 aliphatic carbocycles. The van der Waals surface area contributed by atoms with Gasteiger partial charge in [-0.15, -0.1) is 24.0 Å². The van der Waals surface area contributed by atoms with E-state index in [-0.39, 0.29) is 30.0 Å². The number of hydrogen-bond acceptors (Lipinski definition) is 4. The van der Waals surface area contributed by atoms with E-state index in [1.54, 1.807) is 7.11 Å². The van der Waals surface area contributed by atoms with Crippen LogP contribution >= 0.6 is 24.0 Å². The van der Waals surface area contributed by atoms with Crippen LogP contribution in [0.25, 0.3) is 0 Å². The lowest BCUT2D eigenvalue weighted by Crippen LogP contribution is -2.45. The fourth-order valence-corrected chi connectivity index (χ4v) is 3.03. The Kier molecular flexibility index (Phi) is 11.8. The molecule has 0 amide bonds. The van der Waals surface area contributed by atoms with Crippen molar-refractivity contribution in [3.63, 3.8) is 0 Å². The van der Waals surface area contributed by atoms with Crippen LogP contribution in [0.3, 0.4) is 0 Å². The molecule has 1 fully saturated rings. The predicted octanol–water partition coefficient (Wildman–Crippen LogP) is 3.29. The number of halogens is 1. The largest absolute Gasteiger partial charge is 0.497 e. The molecule has 1 aromatic rings. The van der Waals surface area contributed by atoms with E-state index < -0.39 is 0 Å². The topological polar surface area (TPSA) is 58.1 Å². The van der Waals surface area contributed by atoms with E-state index in [1.165, 1.54) is 5.56 Å². The third kappa shape index (κ3) is 7.75. The van der Waals surface area contributed by atoms with Crippen LogP contribution in [0.1, 0.15) is 39.3 Å². The maximum Gasteiger partial charge on any atom is 0.191 e. The molecule has 28 heavy (non-hydrogen) atoms. The molecule has 6 nitrogen and oxygen atoms in total. The van der Waals surface area contributed by atoms with Gasteiger partial charge in [-0.2, -0.15) is 0 Å². The normalized spacial score (nSPS) is 17.6. The highest BCUT2D eigenvalue weighted by atomic mass is 127. The van der Waals surface area contributed by atoms with E-state index in [4.69, 9.17) is 14.5 Å². The molecule has 1 aromatic carbocycles. The summed E-state index contributed by atoms with van der Waals surface area (Å²) < 4.78 is 10.9. The molecule has 0 saturated carbocycles. The van der Waals surface area contributed by atoms with Gasteiger partial charge in [0.1, 0.15) is 5.75 Å². The molecule has 2 atom stereocenters. The average molecular weight is 504 g/mol. The minimum atomic E-state index is 0. The molecule has 1 heterocycles. The van der Waals surface area contributed by atoms with Gasteiger partial charge in [0.15, 0.2) is 5.96 Å². The lowest BCUT2D eigenvalue weighted by molar-refractivity contribution is 0.0179. The number of guanidine groups is 1. The highest BCUT2D eigenvalue weighted by Crippen LogP contribution is 2.24. The van der Waals surface area contributed by atoms with Crippen LogP contribution in [0.4, 0.5) is 0 Å². The number of nitrogens with one attached hydrogen (secondary N) is 2. The molecule has 2 rings (SSSR count). The minimum absolute atomic E-state index is 0. The predicted molar refractivity (Wildman–Crippen MR) is 127 cm³/mol. The second kappa shape index (κ2) is 13.2. The molecular formula is C21H37IN4O2. The number of ether oxygens (including phenoxy) is 2. The summed E-state index contributed by atoms with van der Waals surface area (Å²) in [6, 6.07) is 8.93. The summed E-state index contributed by atoms with van der Waals surface area (Å²) in [4.78, 5) is 7.37. The van der Waals surface area contributed by atoms with Crippen molar-refractivity contribution in [1.29, 1.82) is 0 Å². The fourth-order valence-electron chi connectivity index (χ4n) is 3.03. The highest BCUT2D eigenvalue weighted by Gasteiger charge is 2.23. The fraction of sp³-hybridized carbons (Fsp3) is 0.667. The average Bonchev–Trinajstić information content (AvgIpc) is 2.69. The first-order valence-electron chi connectivity index (χ1n) is 10.1. The van der Waals surface area contributed by atoms with E-state index >= 15 is 0 Å². The first-order chi connectivity index (χ1) is 13.0. The molecule has 7 heteroatoms. The zero-order chi connectivity index (χ0) is 19.6. The number of hydrogen-bond donors (Lipinski definition) is 2. The van der Waals surface area contributed by atoms with Crippen LogP contribution in [-0.2, 0) is 4.74 Å². The summed E-state index contributed by atoms with van der Waals surface area (Å²) in [5.41, 5.74) is 1.26. The quantitative estimate of drug-likeness (QED) is 0.324. The Labute approximate surface area is 187 Å². The summed E-state index contributed by atoms with van der Waals surface area (Å²) >= 11 is 0. The number of benzene rings is 1. The zero-order valence-corrected chi connectivity index (χ0v) is 20.2. The van der Waals surface area contributed by atoms with Gasteiger partial charge in [0.2, 0.25) is 0 Å². The monoisotopic (exact) mass is 504 g/mol. The first-order valence-corrected chi connectivity index (χ1v) is 10.1. The summed E-state index contributed by atoms with van der Waals surface area (Å²) in [6.07, 6.45) is 0. The number of aliphatic imine (C=N–C) groups is 1. The third-order valence-corrected chi connectivity index (χ3v) is 5.12. The summed E-state index contributed by atoms with van der Waals surface area (Å²) in [6.45, 7) is 13.7. The van der Waals surface area contributed by atoms with Crippen molar-refractivity contribution in [2.24, 2.45) is 10.9 Å². The minimum Gasteiger partial charge on any atom is -0.497 e. The van der Waals surface area contributed by atoms with Crippen molar-refractivity contribution in [3.8, 4) is 5.75 Å². The van der Waals surface area contributed by atoms with Gasteiger partial charge in [0, 0.05) is 25.7 Å². The van der Waals surface area contributed by atoms with Crippen molar-refractivity contribution in [2.45, 2.75) is 39.8 Å². The zero-order valence-electron chi connectivity index (χ0n) is 17.9. The lowest BCUT2D eigenvalue weighted by Gasteiger charge is -2.34. The van der Waals surface area contributed by atoms with E-state index in [9.17, 15) is 0 Å². The van der Waals surface area contributed by atoms with Crippen LogP contribution in [0.5, 0.6) is 5.75 Å². The Morgan fingerprint density at radius 3 is 2.36 bits per heavy atom. The molecule has 0 spiro atoms. The Morgan fingerprint density at radius 1 is 1.18 bits per heavy atom. The van der Waals surface area contributed by atoms with Crippen molar-refractivity contribution in [2.75, 3.05) is 46.5 Å². The standard InChI is InChI=1S/C21H36N4O2.HI/c1-6-22-21(24-17(4)16(2)3)23-15-20(25-11-13-27-14-12-25)18-7-9-19(26-5)10-8-18;/h7-10,16-17,20H,6,11-15H2,1-5H3,(H2,22,23,24);1H. The summed E-state index contributed by atoms with van der Waals surface area (Å²) in [7, 11) is 1.70. The maximum absolute atomic E-state index is 5.54. The molecule has 1 aliphatic heterocycles. The van der Waals surface area contributed by atoms with E-state index in [2.05, 4.69) is 55.4 Å². The van der Waals surface area contributed by atoms with Gasteiger partial charge in [-0.1, -0.05) is 26.0 Å². The van der Waals surface area contributed by atoms with E-state index in [0.717, 1.165) is 44.6 Å². The molecule has 0 bridgehead atoms. The van der Waals surface area contributed by atoms with Crippen LogP contribution in [-0.4, -0.2) is 63.4 Å². The number of morpholine rings is 1. The van der Waals surface area contributed by atoms with Gasteiger partial charge in [0.25, 0.3) is 0 Å². The van der Waals surface area contributed by atoms with Crippen LogP contribution in [0, 0.1) is 5.92 Å².